The third kappa shape index (κ3) is 4.13. The highest BCUT2D eigenvalue weighted by Crippen LogP contribution is 2.27. The number of aryl methyl sites for hydroxylation is 1. The highest BCUT2D eigenvalue weighted by Gasteiger charge is 2.35. The summed E-state index contributed by atoms with van der Waals surface area (Å²) in [6.45, 7) is 1.78. The van der Waals surface area contributed by atoms with Crippen LogP contribution in [0.15, 0.2) is 60.7 Å². The summed E-state index contributed by atoms with van der Waals surface area (Å²) in [6.07, 6.45) is 0. The Morgan fingerprint density at radius 1 is 0.912 bits per heavy atom. The molecule has 0 atom stereocenters. The van der Waals surface area contributed by atoms with Crippen LogP contribution >= 0.6 is 0 Å². The number of amides is 3. The predicted octanol–water partition coefficient (Wildman–Crippen LogP) is 3.84. The maximum atomic E-state index is 13.1. The number of nitrogens with zero attached hydrogens (tertiary/aromatic N) is 1. The Balaban J connectivity index is 1.57. The fourth-order valence-electron chi connectivity index (χ4n) is 3.83. The van der Waals surface area contributed by atoms with Crippen molar-refractivity contribution < 1.29 is 28.7 Å². The van der Waals surface area contributed by atoms with Crippen molar-refractivity contribution in [3.8, 4) is 5.75 Å². The molecule has 1 N–H and O–H groups in total. The number of anilines is 1. The molecule has 0 spiro atoms. The van der Waals surface area contributed by atoms with Gasteiger partial charge in [0.1, 0.15) is 5.75 Å². The van der Waals surface area contributed by atoms with Gasteiger partial charge in [0.05, 0.1) is 43.0 Å². The largest absolute Gasteiger partial charge is 0.496 e. The van der Waals surface area contributed by atoms with Crippen molar-refractivity contribution in [1.29, 1.82) is 0 Å². The van der Waals surface area contributed by atoms with Gasteiger partial charge in [-0.25, -0.2) is 4.79 Å². The first-order valence-corrected chi connectivity index (χ1v) is 10.5. The molecule has 0 saturated carbocycles. The smallest absolute Gasteiger partial charge is 0.337 e. The fourth-order valence-corrected chi connectivity index (χ4v) is 3.83. The second-order valence-electron chi connectivity index (χ2n) is 7.75. The van der Waals surface area contributed by atoms with Crippen LogP contribution in [0.1, 0.15) is 52.6 Å². The van der Waals surface area contributed by atoms with Crippen molar-refractivity contribution in [1.82, 2.24) is 4.90 Å². The average molecular weight is 458 g/mol. The highest BCUT2D eigenvalue weighted by atomic mass is 16.5. The van der Waals surface area contributed by atoms with Crippen LogP contribution in [0.25, 0.3) is 0 Å². The summed E-state index contributed by atoms with van der Waals surface area (Å²) in [5.41, 5.74) is 3.14. The maximum absolute atomic E-state index is 13.1. The highest BCUT2D eigenvalue weighted by molar-refractivity contribution is 6.21. The van der Waals surface area contributed by atoms with Crippen LogP contribution in [-0.4, -0.2) is 42.8 Å². The standard InChI is InChI=1S/C26H22N2O6/c1-15-12-17(26(32)34-3)9-10-21(15)27-23(29)20-13-16(8-11-22(20)33-2)14-28-24(30)18-6-4-5-7-19(18)25(28)31/h4-13H,14H2,1-3H3,(H,27,29). The molecule has 4 rings (SSSR count). The van der Waals surface area contributed by atoms with Crippen LogP contribution < -0.4 is 10.1 Å². The molecule has 0 aromatic heterocycles. The number of hydrogen-bond donors (Lipinski definition) is 1. The average Bonchev–Trinajstić information content (AvgIpc) is 3.09. The molecule has 34 heavy (non-hydrogen) atoms. The zero-order valence-corrected chi connectivity index (χ0v) is 18.9. The van der Waals surface area contributed by atoms with Crippen molar-refractivity contribution in [2.45, 2.75) is 13.5 Å². The normalized spacial score (nSPS) is 12.4. The van der Waals surface area contributed by atoms with Crippen LogP contribution in [0.4, 0.5) is 5.69 Å². The molecule has 8 heteroatoms. The van der Waals surface area contributed by atoms with Crippen molar-refractivity contribution >= 4 is 29.4 Å². The lowest BCUT2D eigenvalue weighted by atomic mass is 10.1. The first kappa shape index (κ1) is 22.7. The van der Waals surface area contributed by atoms with Crippen molar-refractivity contribution in [3.05, 3.63) is 94.0 Å². The number of fused-ring (bicyclic) bond motifs is 1. The quantitative estimate of drug-likeness (QED) is 0.445. The summed E-state index contributed by atoms with van der Waals surface area (Å²) >= 11 is 0. The van der Waals surface area contributed by atoms with Gasteiger partial charge in [-0.05, 0) is 60.5 Å². The van der Waals surface area contributed by atoms with Crippen molar-refractivity contribution in [2.24, 2.45) is 0 Å². The minimum atomic E-state index is -0.469. The van der Waals surface area contributed by atoms with E-state index in [9.17, 15) is 19.2 Å². The van der Waals surface area contributed by atoms with Gasteiger partial charge in [-0.3, -0.25) is 19.3 Å². The number of carbonyl (C=O) groups excluding carboxylic acids is 4. The summed E-state index contributed by atoms with van der Waals surface area (Å²) in [7, 11) is 2.75. The number of esters is 1. The third-order valence-corrected chi connectivity index (χ3v) is 5.62. The number of nitrogens with one attached hydrogen (secondary N) is 1. The minimum absolute atomic E-state index is 0.0173. The van der Waals surface area contributed by atoms with E-state index in [1.807, 2.05) is 0 Å². The van der Waals surface area contributed by atoms with Crippen LogP contribution in [0, 0.1) is 6.92 Å². The number of benzene rings is 3. The van der Waals surface area contributed by atoms with Gasteiger partial charge in [0.2, 0.25) is 0 Å². The van der Waals surface area contributed by atoms with E-state index < -0.39 is 11.9 Å². The molecular weight excluding hydrogens is 436 g/mol. The Kier molecular flexibility index (Phi) is 6.14. The van der Waals surface area contributed by atoms with Crippen LogP contribution in [0.2, 0.25) is 0 Å². The molecule has 3 aromatic rings. The molecule has 172 valence electrons. The zero-order valence-electron chi connectivity index (χ0n) is 18.9. The molecule has 1 heterocycles. The number of imide groups is 1. The van der Waals surface area contributed by atoms with Crippen LogP contribution in [0.5, 0.6) is 5.75 Å². The topological polar surface area (TPSA) is 102 Å². The lowest BCUT2D eigenvalue weighted by Crippen LogP contribution is -2.29. The second-order valence-corrected chi connectivity index (χ2v) is 7.75. The SMILES string of the molecule is COC(=O)c1ccc(NC(=O)c2cc(CN3C(=O)c4ccccc4C3=O)ccc2OC)c(C)c1. The fraction of sp³-hybridized carbons (Fsp3) is 0.154. The Morgan fingerprint density at radius 3 is 2.18 bits per heavy atom. The lowest BCUT2D eigenvalue weighted by molar-refractivity contribution is 0.0597. The van der Waals surface area contributed by atoms with Gasteiger partial charge in [0.25, 0.3) is 17.7 Å². The molecule has 0 radical (unpaired) electrons. The molecular formula is C26H22N2O6. The number of hydrogen-bond acceptors (Lipinski definition) is 6. The van der Waals surface area contributed by atoms with E-state index in [0.29, 0.717) is 39.3 Å². The molecule has 0 aliphatic carbocycles. The zero-order chi connectivity index (χ0) is 24.4. The van der Waals surface area contributed by atoms with Crippen LogP contribution in [-0.2, 0) is 11.3 Å². The van der Waals surface area contributed by atoms with Crippen molar-refractivity contribution in [2.75, 3.05) is 19.5 Å². The Morgan fingerprint density at radius 2 is 1.59 bits per heavy atom. The van der Waals surface area contributed by atoms with E-state index in [2.05, 4.69) is 5.32 Å². The molecule has 0 fully saturated rings. The second kappa shape index (κ2) is 9.19. The molecule has 3 amide bonds. The third-order valence-electron chi connectivity index (χ3n) is 5.62. The van der Waals surface area contributed by atoms with E-state index in [4.69, 9.17) is 9.47 Å². The van der Waals surface area contributed by atoms with Gasteiger partial charge in [-0.2, -0.15) is 0 Å². The first-order chi connectivity index (χ1) is 16.3. The van der Waals surface area contributed by atoms with Gasteiger partial charge in [0, 0.05) is 5.69 Å². The number of ether oxygens (including phenoxy) is 2. The molecule has 1 aliphatic rings. The van der Waals surface area contributed by atoms with E-state index in [1.165, 1.54) is 14.2 Å². The molecule has 0 saturated heterocycles. The Labute approximate surface area is 196 Å². The van der Waals surface area contributed by atoms with E-state index in [0.717, 1.165) is 4.90 Å². The summed E-state index contributed by atoms with van der Waals surface area (Å²) in [4.78, 5) is 51.4. The number of methoxy groups -OCH3 is 2. The van der Waals surface area contributed by atoms with Gasteiger partial charge in [-0.1, -0.05) is 18.2 Å². The van der Waals surface area contributed by atoms with Crippen LogP contribution in [0.3, 0.4) is 0 Å². The summed E-state index contributed by atoms with van der Waals surface area (Å²) in [5.74, 6) is -1.31. The number of carbonyl (C=O) groups is 4. The maximum Gasteiger partial charge on any atom is 0.337 e. The lowest BCUT2D eigenvalue weighted by Gasteiger charge is -2.16. The van der Waals surface area contributed by atoms with Gasteiger partial charge >= 0.3 is 5.97 Å². The molecule has 0 bridgehead atoms. The summed E-state index contributed by atoms with van der Waals surface area (Å²) < 4.78 is 10.1. The van der Waals surface area contributed by atoms with E-state index in [1.54, 1.807) is 67.6 Å². The van der Waals surface area contributed by atoms with E-state index in [-0.39, 0.29) is 23.9 Å². The van der Waals surface area contributed by atoms with Crippen molar-refractivity contribution in [3.63, 3.8) is 0 Å². The van der Waals surface area contributed by atoms with Gasteiger partial charge in [0.15, 0.2) is 0 Å². The molecule has 3 aromatic carbocycles. The number of rotatable bonds is 6. The van der Waals surface area contributed by atoms with Gasteiger partial charge < -0.3 is 14.8 Å². The minimum Gasteiger partial charge on any atom is -0.496 e. The van der Waals surface area contributed by atoms with Gasteiger partial charge in [-0.15, -0.1) is 0 Å². The Bertz CT molecular complexity index is 1300. The summed E-state index contributed by atoms with van der Waals surface area (Å²) in [5, 5.41) is 2.82. The first-order valence-electron chi connectivity index (χ1n) is 10.5. The monoisotopic (exact) mass is 458 g/mol. The predicted molar refractivity (Wildman–Crippen MR) is 124 cm³/mol. The van der Waals surface area contributed by atoms with E-state index >= 15 is 0 Å². The Hall–Kier alpha value is -4.46. The summed E-state index contributed by atoms with van der Waals surface area (Å²) in [6, 6.07) is 16.4. The molecule has 8 nitrogen and oxygen atoms in total. The molecule has 1 aliphatic heterocycles. The molecule has 0 unspecified atom stereocenters.